The Bertz CT molecular complexity index is 490. The average Bonchev–Trinajstić information content (AvgIpc) is 2.44. The third kappa shape index (κ3) is 2.67. The summed E-state index contributed by atoms with van der Waals surface area (Å²) >= 11 is 0. The molecule has 0 radical (unpaired) electrons. The third-order valence-electron chi connectivity index (χ3n) is 2.73. The van der Waals surface area contributed by atoms with Gasteiger partial charge in [-0.15, -0.1) is 0 Å². The van der Waals surface area contributed by atoms with Crippen molar-refractivity contribution in [3.05, 3.63) is 36.4 Å². The van der Waals surface area contributed by atoms with E-state index in [2.05, 4.69) is 60.6 Å². The molecular formula is C14H20NOSi+. The molecule has 0 saturated heterocycles. The van der Waals surface area contributed by atoms with E-state index in [1.54, 1.807) is 7.11 Å². The summed E-state index contributed by atoms with van der Waals surface area (Å²) in [6.45, 7) is 7.13. The van der Waals surface area contributed by atoms with Crippen molar-refractivity contribution in [3.8, 4) is 17.1 Å². The van der Waals surface area contributed by atoms with Crippen molar-refractivity contribution in [2.45, 2.75) is 25.8 Å². The summed E-state index contributed by atoms with van der Waals surface area (Å²) in [4.78, 5) is 0. The molecule has 0 atom stereocenters. The average molecular weight is 246 g/mol. The van der Waals surface area contributed by atoms with Gasteiger partial charge in [0, 0.05) is 6.07 Å². The van der Waals surface area contributed by atoms with Crippen molar-refractivity contribution in [1.29, 1.82) is 0 Å². The maximum atomic E-state index is 5.49. The molecule has 0 amide bonds. The van der Waals surface area contributed by atoms with Gasteiger partial charge in [-0.25, -0.2) is 0 Å². The number of ether oxygens (including phenoxy) is 1. The first kappa shape index (κ1) is 12.1. The minimum atomic E-state index is -1.17. The van der Waals surface area contributed by atoms with Gasteiger partial charge in [-0.2, -0.15) is 4.57 Å². The van der Waals surface area contributed by atoms with Crippen LogP contribution in [0.4, 0.5) is 0 Å². The second-order valence-corrected chi connectivity index (χ2v) is 11.0. The van der Waals surface area contributed by atoms with Gasteiger partial charge in [0.15, 0.2) is 0 Å². The Kier molecular flexibility index (Phi) is 3.20. The van der Waals surface area contributed by atoms with Crippen LogP contribution >= 0.6 is 0 Å². The highest BCUT2D eigenvalue weighted by atomic mass is 28.3. The largest absolute Gasteiger partial charge is 0.448 e. The summed E-state index contributed by atoms with van der Waals surface area (Å²) in [5, 5.41) is 0. The van der Waals surface area contributed by atoms with E-state index in [9.17, 15) is 0 Å². The monoisotopic (exact) mass is 246 g/mol. The zero-order valence-electron chi connectivity index (χ0n) is 11.0. The first-order valence-electron chi connectivity index (χ1n) is 5.97. The number of nitrogens with zero attached hydrogens (tertiary/aromatic N) is 1. The van der Waals surface area contributed by atoms with E-state index in [1.165, 1.54) is 11.3 Å². The highest BCUT2D eigenvalue weighted by Crippen LogP contribution is 2.24. The number of hydrogen-bond acceptors (Lipinski definition) is 1. The molecule has 0 fully saturated rings. The van der Waals surface area contributed by atoms with E-state index < -0.39 is 8.07 Å². The molecule has 0 bridgehead atoms. The molecule has 0 aromatic heterocycles. The maximum absolute atomic E-state index is 5.49. The number of methoxy groups -OCH3 is 1. The van der Waals surface area contributed by atoms with E-state index in [0.29, 0.717) is 0 Å². The SMILES string of the molecule is COc1cc2cccccc-2[n+]1C[Si](C)(C)C. The standard InChI is InChI=1S/C14H20NOSi/c1-16-14-10-12-8-6-5-7-9-13(12)15(14)11-17(2,3)4/h5-10H,11H2,1-4H3/q+1. The van der Waals surface area contributed by atoms with Crippen LogP contribution in [-0.4, -0.2) is 15.2 Å². The Hall–Kier alpha value is -1.35. The lowest BCUT2D eigenvalue weighted by Gasteiger charge is -2.11. The molecule has 1 aliphatic carbocycles. The first-order valence-corrected chi connectivity index (χ1v) is 9.67. The summed E-state index contributed by atoms with van der Waals surface area (Å²) in [5.41, 5.74) is 2.50. The van der Waals surface area contributed by atoms with Gasteiger partial charge in [-0.05, 0) is 6.07 Å². The summed E-state index contributed by atoms with van der Waals surface area (Å²) in [6.07, 6.45) is 1.09. The van der Waals surface area contributed by atoms with Crippen LogP contribution in [0.1, 0.15) is 0 Å². The van der Waals surface area contributed by atoms with Crippen LogP contribution in [0.15, 0.2) is 36.4 Å². The molecule has 0 N–H and O–H groups in total. The molecule has 2 nitrogen and oxygen atoms in total. The molecule has 0 spiro atoms. The molecule has 90 valence electrons. The molecule has 3 heteroatoms. The first-order chi connectivity index (χ1) is 8.01. The molecule has 2 aliphatic rings. The maximum Gasteiger partial charge on any atom is 0.368 e. The minimum absolute atomic E-state index is 0.966. The van der Waals surface area contributed by atoms with Gasteiger partial charge in [0.1, 0.15) is 14.2 Å². The van der Waals surface area contributed by atoms with E-state index in [0.717, 1.165) is 12.0 Å². The Morgan fingerprint density at radius 3 is 2.47 bits per heavy atom. The molecule has 1 aliphatic heterocycles. The number of rotatable bonds is 3. The zero-order chi connectivity index (χ0) is 12.5. The third-order valence-corrected chi connectivity index (χ3v) is 3.99. The van der Waals surface area contributed by atoms with Crippen molar-refractivity contribution in [1.82, 2.24) is 0 Å². The van der Waals surface area contributed by atoms with Crippen LogP contribution in [-0.2, 0) is 6.17 Å². The zero-order valence-corrected chi connectivity index (χ0v) is 12.0. The highest BCUT2D eigenvalue weighted by Gasteiger charge is 2.29. The predicted molar refractivity (Wildman–Crippen MR) is 73.2 cm³/mol. The van der Waals surface area contributed by atoms with Gasteiger partial charge in [0.25, 0.3) is 0 Å². The lowest BCUT2D eigenvalue weighted by atomic mass is 10.2. The lowest BCUT2D eigenvalue weighted by molar-refractivity contribution is -0.671. The van der Waals surface area contributed by atoms with Crippen LogP contribution in [0, 0.1) is 0 Å². The van der Waals surface area contributed by atoms with Crippen LogP contribution in [0.2, 0.25) is 19.6 Å². The predicted octanol–water partition coefficient (Wildman–Crippen LogP) is 2.96. The summed E-state index contributed by atoms with van der Waals surface area (Å²) in [7, 11) is 0.575. The molecule has 1 heterocycles. The molecule has 0 saturated carbocycles. The van der Waals surface area contributed by atoms with Crippen molar-refractivity contribution in [2.75, 3.05) is 7.11 Å². The summed E-state index contributed by atoms with van der Waals surface area (Å²) < 4.78 is 7.80. The van der Waals surface area contributed by atoms with Gasteiger partial charge in [0.05, 0.1) is 18.7 Å². The molecule has 0 aromatic rings. The molecule has 2 rings (SSSR count). The molecular weight excluding hydrogens is 226 g/mol. The normalized spacial score (nSPS) is 11.8. The van der Waals surface area contributed by atoms with Crippen molar-refractivity contribution in [3.63, 3.8) is 0 Å². The Morgan fingerprint density at radius 2 is 1.82 bits per heavy atom. The van der Waals surface area contributed by atoms with Gasteiger partial charge < -0.3 is 4.74 Å². The Balaban J connectivity index is 2.55. The van der Waals surface area contributed by atoms with Gasteiger partial charge in [0.2, 0.25) is 5.69 Å². The van der Waals surface area contributed by atoms with Crippen LogP contribution in [0.25, 0.3) is 11.3 Å². The van der Waals surface area contributed by atoms with Crippen LogP contribution in [0.5, 0.6) is 5.88 Å². The summed E-state index contributed by atoms with van der Waals surface area (Å²) in [6, 6.07) is 12.6. The fourth-order valence-electron chi connectivity index (χ4n) is 2.06. The number of fused-ring (bicyclic) bond motifs is 1. The van der Waals surface area contributed by atoms with Crippen molar-refractivity contribution in [2.24, 2.45) is 0 Å². The quantitative estimate of drug-likeness (QED) is 0.599. The molecule has 17 heavy (non-hydrogen) atoms. The van der Waals surface area contributed by atoms with Crippen LogP contribution in [0.3, 0.4) is 0 Å². The molecule has 0 unspecified atom stereocenters. The summed E-state index contributed by atoms with van der Waals surface area (Å²) in [5.74, 6) is 0.966. The number of aromatic nitrogens is 1. The van der Waals surface area contributed by atoms with Gasteiger partial charge >= 0.3 is 5.88 Å². The van der Waals surface area contributed by atoms with Crippen LogP contribution < -0.4 is 9.30 Å². The number of hydrogen-bond donors (Lipinski definition) is 0. The van der Waals surface area contributed by atoms with Crippen molar-refractivity contribution < 1.29 is 9.30 Å². The topological polar surface area (TPSA) is 13.1 Å². The lowest BCUT2D eigenvalue weighted by Crippen LogP contribution is -2.46. The van der Waals surface area contributed by atoms with E-state index in [1.807, 2.05) is 0 Å². The van der Waals surface area contributed by atoms with Crippen molar-refractivity contribution >= 4 is 8.07 Å². The Morgan fingerprint density at radius 1 is 1.12 bits per heavy atom. The van der Waals surface area contributed by atoms with E-state index in [4.69, 9.17) is 4.74 Å². The highest BCUT2D eigenvalue weighted by molar-refractivity contribution is 6.74. The Labute approximate surface area is 104 Å². The second kappa shape index (κ2) is 4.49. The van der Waals surface area contributed by atoms with Gasteiger partial charge in [-0.3, -0.25) is 0 Å². The fourth-order valence-corrected chi connectivity index (χ4v) is 3.33. The van der Waals surface area contributed by atoms with E-state index >= 15 is 0 Å². The second-order valence-electron chi connectivity index (χ2n) is 5.58. The van der Waals surface area contributed by atoms with E-state index in [-0.39, 0.29) is 0 Å². The van der Waals surface area contributed by atoms with Gasteiger partial charge in [-0.1, -0.05) is 37.8 Å². The smallest absolute Gasteiger partial charge is 0.368 e. The molecule has 0 aromatic carbocycles. The minimum Gasteiger partial charge on any atom is -0.448 e. The fraction of sp³-hybridized carbons (Fsp3) is 0.357.